The average Bonchev–Trinajstić information content (AvgIpc) is 2.26. The molecule has 0 atom stereocenters. The second kappa shape index (κ2) is 5.27. The van der Waals surface area contributed by atoms with Crippen molar-refractivity contribution in [2.24, 2.45) is 0 Å². The Morgan fingerprint density at radius 3 is 2.50 bits per heavy atom. The first-order chi connectivity index (χ1) is 6.77. The van der Waals surface area contributed by atoms with Crippen molar-refractivity contribution >= 4 is 5.78 Å². The molecule has 0 aromatic heterocycles. The monoisotopic (exact) mass is 194 g/mol. The molecule has 1 rings (SSSR count). The Kier molecular flexibility index (Phi) is 3.98. The number of hydrogen-bond donors (Lipinski definition) is 0. The molecule has 0 spiro atoms. The van der Waals surface area contributed by atoms with Gasteiger partial charge in [-0.05, 0) is 12.1 Å². The van der Waals surface area contributed by atoms with Crippen molar-refractivity contribution in [2.75, 3.05) is 13.7 Å². The summed E-state index contributed by atoms with van der Waals surface area (Å²) < 4.78 is 10.4. The van der Waals surface area contributed by atoms with E-state index in [0.29, 0.717) is 17.9 Å². The minimum absolute atomic E-state index is 0.0795. The Morgan fingerprint density at radius 1 is 1.29 bits per heavy atom. The van der Waals surface area contributed by atoms with E-state index in [-0.39, 0.29) is 12.4 Å². The first-order valence-corrected chi connectivity index (χ1v) is 4.55. The van der Waals surface area contributed by atoms with Crippen molar-refractivity contribution in [3.8, 4) is 11.5 Å². The summed E-state index contributed by atoms with van der Waals surface area (Å²) in [6.45, 7) is 1.92. The van der Waals surface area contributed by atoms with Gasteiger partial charge < -0.3 is 9.47 Å². The van der Waals surface area contributed by atoms with Gasteiger partial charge in [-0.25, -0.2) is 0 Å². The lowest BCUT2D eigenvalue weighted by atomic mass is 10.3. The van der Waals surface area contributed by atoms with Gasteiger partial charge in [-0.1, -0.05) is 19.1 Å². The van der Waals surface area contributed by atoms with E-state index < -0.39 is 0 Å². The van der Waals surface area contributed by atoms with Crippen molar-refractivity contribution in [3.05, 3.63) is 24.3 Å². The third-order valence-electron chi connectivity index (χ3n) is 1.85. The van der Waals surface area contributed by atoms with Crippen LogP contribution in [0.15, 0.2) is 24.3 Å². The van der Waals surface area contributed by atoms with Gasteiger partial charge in [-0.15, -0.1) is 0 Å². The zero-order chi connectivity index (χ0) is 10.4. The van der Waals surface area contributed by atoms with Crippen LogP contribution < -0.4 is 9.47 Å². The molecule has 0 N–H and O–H groups in total. The maximum Gasteiger partial charge on any atom is 0.169 e. The van der Waals surface area contributed by atoms with E-state index in [1.165, 1.54) is 0 Å². The van der Waals surface area contributed by atoms with E-state index in [4.69, 9.17) is 9.47 Å². The summed E-state index contributed by atoms with van der Waals surface area (Å²) in [5.74, 6) is 1.34. The van der Waals surface area contributed by atoms with Gasteiger partial charge in [-0.2, -0.15) is 0 Å². The molecule has 76 valence electrons. The van der Waals surface area contributed by atoms with Crippen LogP contribution in [0.3, 0.4) is 0 Å². The first kappa shape index (κ1) is 10.6. The second-order valence-corrected chi connectivity index (χ2v) is 2.83. The van der Waals surface area contributed by atoms with Crippen LogP contribution in [-0.2, 0) is 4.79 Å². The predicted octanol–water partition coefficient (Wildman–Crippen LogP) is 2.05. The summed E-state index contributed by atoms with van der Waals surface area (Å²) in [6.07, 6.45) is 0.495. The molecule has 3 heteroatoms. The lowest BCUT2D eigenvalue weighted by Gasteiger charge is -2.08. The van der Waals surface area contributed by atoms with Gasteiger partial charge in [0.1, 0.15) is 6.61 Å². The van der Waals surface area contributed by atoms with Crippen LogP contribution in [0, 0.1) is 0 Å². The van der Waals surface area contributed by atoms with Crippen molar-refractivity contribution in [2.45, 2.75) is 13.3 Å². The number of hydrogen-bond acceptors (Lipinski definition) is 3. The normalized spacial score (nSPS) is 9.57. The van der Waals surface area contributed by atoms with Crippen LogP contribution in [-0.4, -0.2) is 19.5 Å². The molecule has 1 aromatic carbocycles. The quantitative estimate of drug-likeness (QED) is 0.719. The third-order valence-corrected chi connectivity index (χ3v) is 1.85. The molecule has 0 heterocycles. The fourth-order valence-electron chi connectivity index (χ4n) is 0.998. The SMILES string of the molecule is CCC(=O)COc1ccccc1OC. The minimum atomic E-state index is 0.0795. The van der Waals surface area contributed by atoms with Crippen LogP contribution in [0.25, 0.3) is 0 Å². The number of ketones is 1. The van der Waals surface area contributed by atoms with E-state index in [0.717, 1.165) is 0 Å². The molecule has 0 aliphatic carbocycles. The highest BCUT2D eigenvalue weighted by atomic mass is 16.5. The number of carbonyl (C=O) groups excluding carboxylic acids is 1. The van der Waals surface area contributed by atoms with Crippen LogP contribution >= 0.6 is 0 Å². The summed E-state index contributed by atoms with van der Waals surface area (Å²) >= 11 is 0. The Morgan fingerprint density at radius 2 is 1.93 bits per heavy atom. The fourth-order valence-corrected chi connectivity index (χ4v) is 0.998. The molecule has 0 amide bonds. The van der Waals surface area contributed by atoms with Crippen LogP contribution in [0.2, 0.25) is 0 Å². The number of para-hydroxylation sites is 2. The molecule has 3 nitrogen and oxygen atoms in total. The zero-order valence-corrected chi connectivity index (χ0v) is 8.45. The molecule has 1 aromatic rings. The smallest absolute Gasteiger partial charge is 0.169 e. The van der Waals surface area contributed by atoms with Gasteiger partial charge in [-0.3, -0.25) is 4.79 Å². The standard InChI is InChI=1S/C11H14O3/c1-3-9(12)8-14-11-7-5-4-6-10(11)13-2/h4-7H,3,8H2,1-2H3. The molecule has 0 unspecified atom stereocenters. The molecular formula is C11H14O3. The number of rotatable bonds is 5. The Labute approximate surface area is 83.6 Å². The zero-order valence-electron chi connectivity index (χ0n) is 8.45. The maximum atomic E-state index is 11.0. The largest absolute Gasteiger partial charge is 0.493 e. The molecule has 0 aliphatic rings. The van der Waals surface area contributed by atoms with E-state index >= 15 is 0 Å². The number of benzene rings is 1. The molecule has 0 radical (unpaired) electrons. The van der Waals surface area contributed by atoms with E-state index in [2.05, 4.69) is 0 Å². The first-order valence-electron chi connectivity index (χ1n) is 4.55. The van der Waals surface area contributed by atoms with Crippen LogP contribution in [0.4, 0.5) is 0 Å². The number of carbonyl (C=O) groups is 1. The summed E-state index contributed by atoms with van der Waals surface area (Å²) in [7, 11) is 1.57. The molecule has 0 bridgehead atoms. The van der Waals surface area contributed by atoms with E-state index in [1.54, 1.807) is 19.2 Å². The number of methoxy groups -OCH3 is 1. The highest BCUT2D eigenvalue weighted by Crippen LogP contribution is 2.25. The molecule has 0 saturated carbocycles. The topological polar surface area (TPSA) is 35.5 Å². The number of ether oxygens (including phenoxy) is 2. The molecule has 0 aliphatic heterocycles. The van der Waals surface area contributed by atoms with Crippen molar-refractivity contribution in [1.82, 2.24) is 0 Å². The molecule has 0 saturated heterocycles. The van der Waals surface area contributed by atoms with Gasteiger partial charge in [0.15, 0.2) is 17.3 Å². The Bertz CT molecular complexity index is 307. The predicted molar refractivity (Wildman–Crippen MR) is 53.8 cm³/mol. The molecule has 0 fully saturated rings. The van der Waals surface area contributed by atoms with Gasteiger partial charge in [0.2, 0.25) is 0 Å². The van der Waals surface area contributed by atoms with Gasteiger partial charge in [0.25, 0.3) is 0 Å². The Hall–Kier alpha value is -1.51. The van der Waals surface area contributed by atoms with Gasteiger partial charge in [0.05, 0.1) is 7.11 Å². The third kappa shape index (κ3) is 2.76. The highest BCUT2D eigenvalue weighted by molar-refractivity contribution is 5.79. The average molecular weight is 194 g/mol. The molecule has 14 heavy (non-hydrogen) atoms. The van der Waals surface area contributed by atoms with Crippen molar-refractivity contribution < 1.29 is 14.3 Å². The highest BCUT2D eigenvalue weighted by Gasteiger charge is 2.04. The van der Waals surface area contributed by atoms with E-state index in [1.807, 2.05) is 19.1 Å². The summed E-state index contributed by atoms with van der Waals surface area (Å²) in [5, 5.41) is 0. The van der Waals surface area contributed by atoms with E-state index in [9.17, 15) is 4.79 Å². The van der Waals surface area contributed by atoms with Gasteiger partial charge >= 0.3 is 0 Å². The summed E-state index contributed by atoms with van der Waals surface area (Å²) in [4.78, 5) is 11.0. The van der Waals surface area contributed by atoms with Gasteiger partial charge in [0, 0.05) is 6.42 Å². The van der Waals surface area contributed by atoms with Crippen LogP contribution in [0.5, 0.6) is 11.5 Å². The summed E-state index contributed by atoms with van der Waals surface area (Å²) in [6, 6.07) is 7.27. The fraction of sp³-hybridized carbons (Fsp3) is 0.364. The lowest BCUT2D eigenvalue weighted by molar-refractivity contribution is -0.120. The molecular weight excluding hydrogens is 180 g/mol. The maximum absolute atomic E-state index is 11.0. The number of Topliss-reactive ketones (excluding diaryl/α,β-unsaturated/α-hetero) is 1. The minimum Gasteiger partial charge on any atom is -0.493 e. The van der Waals surface area contributed by atoms with Crippen molar-refractivity contribution in [3.63, 3.8) is 0 Å². The lowest BCUT2D eigenvalue weighted by Crippen LogP contribution is -2.09. The van der Waals surface area contributed by atoms with Crippen LogP contribution in [0.1, 0.15) is 13.3 Å². The Balaban J connectivity index is 2.61. The second-order valence-electron chi connectivity index (χ2n) is 2.83. The summed E-state index contributed by atoms with van der Waals surface area (Å²) in [5.41, 5.74) is 0. The van der Waals surface area contributed by atoms with Crippen molar-refractivity contribution in [1.29, 1.82) is 0 Å².